The highest BCUT2D eigenvalue weighted by atomic mass is 16.1. The van der Waals surface area contributed by atoms with E-state index in [-0.39, 0.29) is 0 Å². The summed E-state index contributed by atoms with van der Waals surface area (Å²) in [7, 11) is 0. The van der Waals surface area contributed by atoms with Crippen LogP contribution in [0.1, 0.15) is 20.8 Å². The van der Waals surface area contributed by atoms with E-state index in [1.165, 1.54) is 6.08 Å². The molecule has 0 heterocycles. The van der Waals surface area contributed by atoms with Gasteiger partial charge in [0.2, 0.25) is 0 Å². The zero-order valence-corrected chi connectivity index (χ0v) is 7.91. The van der Waals surface area contributed by atoms with Gasteiger partial charge in [-0.25, -0.2) is 0 Å². The van der Waals surface area contributed by atoms with Gasteiger partial charge in [0.05, 0.1) is 5.57 Å². The number of rotatable bonds is 4. The number of allylic oxidation sites excluding steroid dienone is 1. The summed E-state index contributed by atoms with van der Waals surface area (Å²) >= 11 is 0. The van der Waals surface area contributed by atoms with Gasteiger partial charge in [-0.15, -0.1) is 0 Å². The maximum absolute atomic E-state index is 10.8. The van der Waals surface area contributed by atoms with Crippen LogP contribution in [0.5, 0.6) is 0 Å². The van der Waals surface area contributed by atoms with Crippen molar-refractivity contribution in [2.24, 2.45) is 0 Å². The highest BCUT2D eigenvalue weighted by molar-refractivity contribution is 6.04. The molecule has 0 saturated heterocycles. The van der Waals surface area contributed by atoms with E-state index < -0.39 is 18.1 Å². The molecule has 14 heavy (non-hydrogen) atoms. The lowest BCUT2D eigenvalue weighted by Crippen LogP contribution is -1.86. The van der Waals surface area contributed by atoms with Crippen molar-refractivity contribution in [3.63, 3.8) is 0 Å². The summed E-state index contributed by atoms with van der Waals surface area (Å²) in [6.07, 6.45) is -0.0745. The Hall–Kier alpha value is -1.70. The van der Waals surface area contributed by atoms with E-state index >= 15 is 0 Å². The van der Waals surface area contributed by atoms with E-state index in [0.717, 1.165) is 12.0 Å². The van der Waals surface area contributed by atoms with Crippen LogP contribution in [0.25, 0.3) is 6.08 Å². The van der Waals surface area contributed by atoms with Gasteiger partial charge in [0, 0.05) is 0 Å². The van der Waals surface area contributed by atoms with Crippen LogP contribution in [-0.2, 0) is 16.0 Å². The summed E-state index contributed by atoms with van der Waals surface area (Å²) in [5.41, 5.74) is 1.38. The third-order valence-electron chi connectivity index (χ3n) is 1.92. The first-order valence-corrected chi connectivity index (χ1v) is 4.37. The zero-order chi connectivity index (χ0) is 12.1. The number of aryl methyl sites for hydroxylation is 1. The second kappa shape index (κ2) is 5.12. The van der Waals surface area contributed by atoms with Gasteiger partial charge in [-0.1, -0.05) is 31.2 Å². The van der Waals surface area contributed by atoms with Crippen LogP contribution in [0.2, 0.25) is 0 Å². The molecule has 0 aromatic heterocycles. The average molecular weight is 190 g/mol. The van der Waals surface area contributed by atoms with Crippen molar-refractivity contribution in [1.82, 2.24) is 0 Å². The molecule has 0 saturated carbocycles. The van der Waals surface area contributed by atoms with Crippen molar-refractivity contribution in [1.29, 1.82) is 0 Å². The molecule has 2 heteroatoms. The van der Waals surface area contributed by atoms with Gasteiger partial charge in [0.25, 0.3) is 0 Å². The Morgan fingerprint density at radius 3 is 2.29 bits per heavy atom. The minimum absolute atomic E-state index is 0.413. The molecule has 1 aromatic carbocycles. The third-order valence-corrected chi connectivity index (χ3v) is 1.92. The highest BCUT2D eigenvalue weighted by Gasteiger charge is 1.93. The van der Waals surface area contributed by atoms with Crippen LogP contribution in [0.3, 0.4) is 0 Å². The SMILES string of the molecule is [2H]C(=O)C(=Cc1ccc(CC)cc1)C([2H])=O. The summed E-state index contributed by atoms with van der Waals surface area (Å²) in [5, 5.41) is 0. The first-order chi connectivity index (χ1) is 7.54. The smallest absolute Gasteiger partial charge is 0.153 e. The molecule has 2 nitrogen and oxygen atoms in total. The van der Waals surface area contributed by atoms with Crippen molar-refractivity contribution in [2.45, 2.75) is 13.3 Å². The van der Waals surface area contributed by atoms with Gasteiger partial charge >= 0.3 is 0 Å². The molecular formula is C12H12O2. The molecule has 0 fully saturated rings. The van der Waals surface area contributed by atoms with Crippen molar-refractivity contribution in [2.75, 3.05) is 0 Å². The lowest BCUT2D eigenvalue weighted by atomic mass is 10.1. The van der Waals surface area contributed by atoms with Crippen LogP contribution < -0.4 is 0 Å². The molecule has 72 valence electrons. The quantitative estimate of drug-likeness (QED) is 0.315. The monoisotopic (exact) mass is 190 g/mol. The van der Waals surface area contributed by atoms with Gasteiger partial charge in [0.15, 0.2) is 12.5 Å². The topological polar surface area (TPSA) is 34.1 Å². The number of carbonyl (C=O) groups is 2. The summed E-state index contributed by atoms with van der Waals surface area (Å²) in [5.74, 6) is 0. The van der Waals surface area contributed by atoms with Crippen LogP contribution in [0.4, 0.5) is 0 Å². The Labute approximate surface area is 86.1 Å². The first kappa shape index (κ1) is 7.68. The standard InChI is InChI=1S/C12H12O2/c1-2-10-3-5-11(6-4-10)7-12(8-13)9-14/h3-9H,2H2,1H3/i8D,9D. The molecule has 0 N–H and O–H groups in total. The van der Waals surface area contributed by atoms with Gasteiger partial charge < -0.3 is 0 Å². The van der Waals surface area contributed by atoms with Crippen molar-refractivity contribution in [3.05, 3.63) is 41.0 Å². The predicted octanol–water partition coefficient (Wildman–Crippen LogP) is 2.03. The largest absolute Gasteiger partial charge is 0.298 e. The fraction of sp³-hybridized carbons (Fsp3) is 0.167. The van der Waals surface area contributed by atoms with Gasteiger partial charge in [-0.2, -0.15) is 0 Å². The Balaban J connectivity index is 3.04. The number of benzene rings is 1. The minimum Gasteiger partial charge on any atom is -0.298 e. The summed E-state index contributed by atoms with van der Waals surface area (Å²) in [6, 6.07) is 7.27. The minimum atomic E-state index is -1.13. The van der Waals surface area contributed by atoms with E-state index in [9.17, 15) is 9.59 Å². The van der Waals surface area contributed by atoms with E-state index in [4.69, 9.17) is 2.74 Å². The molecule has 0 aliphatic heterocycles. The summed E-state index contributed by atoms with van der Waals surface area (Å²) in [6.45, 7) is 2.02. The molecule has 0 radical (unpaired) electrons. The normalized spacial score (nSPS) is 11.2. The maximum Gasteiger partial charge on any atom is 0.153 e. The van der Waals surface area contributed by atoms with Gasteiger partial charge in [-0.05, 0) is 23.6 Å². The lowest BCUT2D eigenvalue weighted by Gasteiger charge is -1.97. The summed E-state index contributed by atoms with van der Waals surface area (Å²) < 4.78 is 13.7. The predicted molar refractivity (Wildman–Crippen MR) is 55.9 cm³/mol. The lowest BCUT2D eigenvalue weighted by molar-refractivity contribution is -0.109. The second-order valence-electron chi connectivity index (χ2n) is 2.86. The van der Waals surface area contributed by atoms with E-state index in [1.54, 1.807) is 12.1 Å². The fourth-order valence-corrected chi connectivity index (χ4v) is 1.10. The number of aldehydes is 2. The zero-order valence-electron chi connectivity index (χ0n) is 9.91. The van der Waals surface area contributed by atoms with Crippen LogP contribution in [-0.4, -0.2) is 12.5 Å². The van der Waals surface area contributed by atoms with E-state index in [1.807, 2.05) is 19.1 Å². The Morgan fingerprint density at radius 1 is 1.29 bits per heavy atom. The molecule has 0 amide bonds. The molecule has 1 rings (SSSR count). The number of hydrogen-bond donors (Lipinski definition) is 0. The molecule has 0 bridgehead atoms. The Kier molecular flexibility index (Phi) is 2.81. The van der Waals surface area contributed by atoms with Crippen molar-refractivity contribution in [3.8, 4) is 0 Å². The highest BCUT2D eigenvalue weighted by Crippen LogP contribution is 2.07. The third kappa shape index (κ3) is 2.66. The van der Waals surface area contributed by atoms with Crippen molar-refractivity contribution >= 4 is 18.6 Å². The molecule has 0 aliphatic carbocycles. The molecule has 1 aromatic rings. The van der Waals surface area contributed by atoms with Crippen LogP contribution in [0, 0.1) is 0 Å². The molecule has 0 atom stereocenters. The molecule has 0 unspecified atom stereocenters. The number of carbonyl (C=O) groups excluding carboxylic acids is 2. The second-order valence-corrected chi connectivity index (χ2v) is 2.86. The van der Waals surface area contributed by atoms with Crippen molar-refractivity contribution < 1.29 is 12.3 Å². The van der Waals surface area contributed by atoms with E-state index in [2.05, 4.69) is 0 Å². The first-order valence-electron chi connectivity index (χ1n) is 5.37. The van der Waals surface area contributed by atoms with Crippen LogP contribution in [0.15, 0.2) is 29.8 Å². The number of hydrogen-bond acceptors (Lipinski definition) is 2. The summed E-state index contributed by atoms with van der Waals surface area (Å²) in [4.78, 5) is 21.5. The fourth-order valence-electron chi connectivity index (χ4n) is 1.10. The maximum atomic E-state index is 10.8. The Morgan fingerprint density at radius 2 is 1.86 bits per heavy atom. The van der Waals surface area contributed by atoms with E-state index in [0.29, 0.717) is 5.56 Å². The van der Waals surface area contributed by atoms with Gasteiger partial charge in [-0.3, -0.25) is 9.59 Å². The molecular weight excluding hydrogens is 176 g/mol. The van der Waals surface area contributed by atoms with Crippen LogP contribution >= 0.6 is 0 Å². The molecule has 0 aliphatic rings. The Bertz CT molecular complexity index is 417. The molecule has 0 spiro atoms. The average Bonchev–Trinajstić information content (AvgIpc) is 2.25. The van der Waals surface area contributed by atoms with Gasteiger partial charge in [0.1, 0.15) is 2.74 Å².